The fourth-order valence-electron chi connectivity index (χ4n) is 2.35. The van der Waals surface area contributed by atoms with Gasteiger partial charge in [-0.1, -0.05) is 30.3 Å². The molecule has 1 saturated carbocycles. The van der Waals surface area contributed by atoms with Crippen LogP contribution in [0, 0.1) is 6.92 Å². The van der Waals surface area contributed by atoms with E-state index < -0.39 is 0 Å². The van der Waals surface area contributed by atoms with Crippen LogP contribution in [0.25, 0.3) is 0 Å². The summed E-state index contributed by atoms with van der Waals surface area (Å²) in [4.78, 5) is 11.5. The predicted molar refractivity (Wildman–Crippen MR) is 86.6 cm³/mol. The van der Waals surface area contributed by atoms with E-state index in [4.69, 9.17) is 0 Å². The average Bonchev–Trinajstić information content (AvgIpc) is 3.29. The van der Waals surface area contributed by atoms with Gasteiger partial charge in [0.2, 0.25) is 5.95 Å². The molecule has 4 nitrogen and oxygen atoms in total. The summed E-state index contributed by atoms with van der Waals surface area (Å²) in [5.41, 5.74) is 2.31. The fraction of sp³-hybridized carbons (Fsp3) is 0.412. The lowest BCUT2D eigenvalue weighted by Crippen LogP contribution is -2.24. The summed E-state index contributed by atoms with van der Waals surface area (Å²) in [5, 5.41) is 3.39. The van der Waals surface area contributed by atoms with E-state index in [1.807, 2.05) is 13.0 Å². The maximum Gasteiger partial charge on any atom is 0.225 e. The largest absolute Gasteiger partial charge is 0.352 e. The zero-order valence-electron chi connectivity index (χ0n) is 12.7. The van der Waals surface area contributed by atoms with E-state index in [0.717, 1.165) is 30.5 Å². The summed E-state index contributed by atoms with van der Waals surface area (Å²) in [7, 11) is 0. The van der Waals surface area contributed by atoms with Crippen LogP contribution in [0.15, 0.2) is 36.4 Å². The SMILES string of the molecule is CCN(Cc1ccccc1)c1cc(C)nc(NC2CC2)n1. The van der Waals surface area contributed by atoms with E-state index in [1.165, 1.54) is 18.4 Å². The molecule has 1 heterocycles. The maximum absolute atomic E-state index is 4.68. The molecule has 1 fully saturated rings. The minimum Gasteiger partial charge on any atom is -0.352 e. The number of nitrogens with one attached hydrogen (secondary N) is 1. The monoisotopic (exact) mass is 282 g/mol. The van der Waals surface area contributed by atoms with Gasteiger partial charge in [-0.3, -0.25) is 0 Å². The van der Waals surface area contributed by atoms with E-state index >= 15 is 0 Å². The summed E-state index contributed by atoms with van der Waals surface area (Å²) in [6, 6.07) is 13.1. The minimum absolute atomic E-state index is 0.573. The van der Waals surface area contributed by atoms with Crippen molar-refractivity contribution in [1.29, 1.82) is 0 Å². The van der Waals surface area contributed by atoms with Gasteiger partial charge in [-0.15, -0.1) is 0 Å². The lowest BCUT2D eigenvalue weighted by Gasteiger charge is -2.23. The number of nitrogens with zero attached hydrogens (tertiary/aromatic N) is 3. The normalized spacial score (nSPS) is 14.0. The molecule has 0 atom stereocenters. The molecule has 0 unspecified atom stereocenters. The molecule has 1 aromatic heterocycles. The van der Waals surface area contributed by atoms with Crippen LogP contribution in [0.2, 0.25) is 0 Å². The van der Waals surface area contributed by atoms with Crippen molar-refractivity contribution < 1.29 is 0 Å². The van der Waals surface area contributed by atoms with E-state index in [-0.39, 0.29) is 0 Å². The van der Waals surface area contributed by atoms with Gasteiger partial charge in [-0.25, -0.2) is 4.98 Å². The van der Waals surface area contributed by atoms with Gasteiger partial charge in [0.05, 0.1) is 0 Å². The standard InChI is InChI=1S/C17H22N4/c1-3-21(12-14-7-5-4-6-8-14)16-11-13(2)18-17(20-16)19-15-9-10-15/h4-8,11,15H,3,9-10,12H2,1-2H3,(H,18,19,20). The molecule has 0 radical (unpaired) electrons. The molecule has 3 rings (SSSR count). The topological polar surface area (TPSA) is 41.1 Å². The fourth-order valence-corrected chi connectivity index (χ4v) is 2.35. The lowest BCUT2D eigenvalue weighted by atomic mass is 10.2. The molecule has 1 aromatic carbocycles. The van der Waals surface area contributed by atoms with Crippen molar-refractivity contribution in [2.45, 2.75) is 39.3 Å². The summed E-state index contributed by atoms with van der Waals surface area (Å²) in [5.74, 6) is 1.76. The van der Waals surface area contributed by atoms with Crippen LogP contribution < -0.4 is 10.2 Å². The van der Waals surface area contributed by atoms with Crippen molar-refractivity contribution in [1.82, 2.24) is 9.97 Å². The Kier molecular flexibility index (Phi) is 4.04. The van der Waals surface area contributed by atoms with Crippen molar-refractivity contribution in [3.8, 4) is 0 Å². The van der Waals surface area contributed by atoms with Crippen LogP contribution in [0.1, 0.15) is 31.0 Å². The Hall–Kier alpha value is -2.10. The van der Waals surface area contributed by atoms with Crippen molar-refractivity contribution in [2.24, 2.45) is 0 Å². The Bertz CT molecular complexity index is 593. The first-order valence-corrected chi connectivity index (χ1v) is 7.65. The molecule has 0 amide bonds. The van der Waals surface area contributed by atoms with Gasteiger partial charge in [0, 0.05) is 30.9 Å². The predicted octanol–water partition coefficient (Wildman–Crippen LogP) is 3.39. The van der Waals surface area contributed by atoms with Crippen LogP contribution in [-0.2, 0) is 6.54 Å². The summed E-state index contributed by atoms with van der Waals surface area (Å²) >= 11 is 0. The first kappa shape index (κ1) is 13.9. The second-order valence-corrected chi connectivity index (χ2v) is 5.61. The third-order valence-electron chi connectivity index (χ3n) is 3.67. The van der Waals surface area contributed by atoms with Crippen LogP contribution in [0.5, 0.6) is 0 Å². The average molecular weight is 282 g/mol. The zero-order chi connectivity index (χ0) is 14.7. The van der Waals surface area contributed by atoms with Gasteiger partial charge in [0.15, 0.2) is 0 Å². The molecule has 0 spiro atoms. The van der Waals surface area contributed by atoms with Gasteiger partial charge in [-0.05, 0) is 32.3 Å². The zero-order valence-corrected chi connectivity index (χ0v) is 12.7. The Balaban J connectivity index is 1.80. The van der Waals surface area contributed by atoms with Crippen molar-refractivity contribution in [3.05, 3.63) is 47.7 Å². The number of rotatable bonds is 6. The number of aromatic nitrogens is 2. The molecular formula is C17H22N4. The quantitative estimate of drug-likeness (QED) is 0.882. The van der Waals surface area contributed by atoms with E-state index in [0.29, 0.717) is 6.04 Å². The Morgan fingerprint density at radius 2 is 1.95 bits per heavy atom. The van der Waals surface area contributed by atoms with E-state index in [1.54, 1.807) is 0 Å². The van der Waals surface area contributed by atoms with Crippen LogP contribution in [-0.4, -0.2) is 22.6 Å². The Labute approximate surface area is 126 Å². The number of anilines is 2. The number of hydrogen-bond donors (Lipinski definition) is 1. The molecule has 110 valence electrons. The van der Waals surface area contributed by atoms with Gasteiger partial charge < -0.3 is 10.2 Å². The van der Waals surface area contributed by atoms with Crippen molar-refractivity contribution in [2.75, 3.05) is 16.8 Å². The van der Waals surface area contributed by atoms with Gasteiger partial charge in [0.1, 0.15) is 5.82 Å². The highest BCUT2D eigenvalue weighted by Gasteiger charge is 2.22. The molecule has 1 aliphatic rings. The number of aryl methyl sites for hydroxylation is 1. The minimum atomic E-state index is 0.573. The molecule has 1 N–H and O–H groups in total. The molecule has 0 aliphatic heterocycles. The second kappa shape index (κ2) is 6.12. The lowest BCUT2D eigenvalue weighted by molar-refractivity contribution is 0.807. The second-order valence-electron chi connectivity index (χ2n) is 5.61. The number of hydrogen-bond acceptors (Lipinski definition) is 4. The molecule has 0 bridgehead atoms. The summed E-state index contributed by atoms with van der Waals surface area (Å²) in [6.45, 7) is 5.98. The molecule has 0 saturated heterocycles. The van der Waals surface area contributed by atoms with Gasteiger partial charge >= 0.3 is 0 Å². The highest BCUT2D eigenvalue weighted by molar-refractivity contribution is 5.46. The molecule has 4 heteroatoms. The van der Waals surface area contributed by atoms with Gasteiger partial charge in [0.25, 0.3) is 0 Å². The summed E-state index contributed by atoms with van der Waals surface area (Å²) < 4.78 is 0. The van der Waals surface area contributed by atoms with Crippen LogP contribution in [0.4, 0.5) is 11.8 Å². The highest BCUT2D eigenvalue weighted by atomic mass is 15.2. The third kappa shape index (κ3) is 3.72. The molecular weight excluding hydrogens is 260 g/mol. The van der Waals surface area contributed by atoms with Crippen molar-refractivity contribution in [3.63, 3.8) is 0 Å². The van der Waals surface area contributed by atoms with E-state index in [2.05, 4.69) is 57.4 Å². The Morgan fingerprint density at radius 3 is 2.62 bits per heavy atom. The highest BCUT2D eigenvalue weighted by Crippen LogP contribution is 2.24. The first-order valence-electron chi connectivity index (χ1n) is 7.65. The first-order chi connectivity index (χ1) is 10.2. The van der Waals surface area contributed by atoms with Gasteiger partial charge in [-0.2, -0.15) is 4.98 Å². The molecule has 21 heavy (non-hydrogen) atoms. The van der Waals surface area contributed by atoms with E-state index in [9.17, 15) is 0 Å². The van der Waals surface area contributed by atoms with Crippen LogP contribution >= 0.6 is 0 Å². The smallest absolute Gasteiger partial charge is 0.225 e. The van der Waals surface area contributed by atoms with Crippen LogP contribution in [0.3, 0.4) is 0 Å². The maximum atomic E-state index is 4.68. The Morgan fingerprint density at radius 1 is 1.19 bits per heavy atom. The number of benzene rings is 1. The molecule has 1 aliphatic carbocycles. The molecule has 2 aromatic rings. The van der Waals surface area contributed by atoms with Crippen molar-refractivity contribution >= 4 is 11.8 Å². The summed E-state index contributed by atoms with van der Waals surface area (Å²) in [6.07, 6.45) is 2.46. The third-order valence-corrected chi connectivity index (χ3v) is 3.67.